The van der Waals surface area contributed by atoms with Crippen LogP contribution in [0.2, 0.25) is 0 Å². The van der Waals surface area contributed by atoms with Crippen molar-refractivity contribution in [1.29, 1.82) is 0 Å². The highest BCUT2D eigenvalue weighted by atomic mass is 31.1. The number of carbonyl (C=O) groups excluding carboxylic acids is 1. The lowest BCUT2D eigenvalue weighted by Crippen LogP contribution is -2.42. The second kappa shape index (κ2) is 3.97. The predicted molar refractivity (Wildman–Crippen MR) is 45.6 cm³/mol. The van der Waals surface area contributed by atoms with Crippen molar-refractivity contribution in [1.82, 2.24) is 4.90 Å². The summed E-state index contributed by atoms with van der Waals surface area (Å²) >= 11 is 0. The fourth-order valence-electron chi connectivity index (χ4n) is 1.17. The van der Waals surface area contributed by atoms with E-state index in [4.69, 9.17) is 5.11 Å². The number of aliphatic hydroxyl groups is 1. The molecule has 0 aliphatic carbocycles. The summed E-state index contributed by atoms with van der Waals surface area (Å²) in [5, 5.41) is 8.97. The van der Waals surface area contributed by atoms with Crippen molar-refractivity contribution in [3.8, 4) is 0 Å². The molecular weight excluding hydrogens is 177 g/mol. The summed E-state index contributed by atoms with van der Waals surface area (Å²) in [7, 11) is -1.09. The maximum atomic E-state index is 11.2. The van der Waals surface area contributed by atoms with Crippen LogP contribution < -0.4 is 0 Å². The lowest BCUT2D eigenvalue weighted by atomic mass is 10.3. The van der Waals surface area contributed by atoms with Crippen LogP contribution in [0.1, 0.15) is 6.92 Å². The normalized spacial score (nSPS) is 20.8. The highest BCUT2D eigenvalue weighted by Gasteiger charge is 2.29. The topological polar surface area (TPSA) is 57.6 Å². The van der Waals surface area contributed by atoms with Crippen molar-refractivity contribution in [2.45, 2.75) is 13.0 Å². The molecule has 0 spiro atoms. The van der Waals surface area contributed by atoms with Gasteiger partial charge in [0, 0.05) is 0 Å². The molecule has 1 heterocycles. The van der Waals surface area contributed by atoms with Gasteiger partial charge in [-0.15, -0.1) is 0 Å². The van der Waals surface area contributed by atoms with Crippen LogP contribution in [-0.2, 0) is 9.36 Å². The van der Waals surface area contributed by atoms with Gasteiger partial charge in [-0.3, -0.25) is 4.79 Å². The quantitative estimate of drug-likeness (QED) is 0.594. The van der Waals surface area contributed by atoms with E-state index < -0.39 is 13.9 Å². The Bertz CT molecular complexity index is 195. The highest BCUT2D eigenvalue weighted by Crippen LogP contribution is 2.24. The van der Waals surface area contributed by atoms with Crippen LogP contribution in [0, 0.1) is 0 Å². The van der Waals surface area contributed by atoms with Crippen LogP contribution in [-0.4, -0.2) is 47.4 Å². The molecule has 5 heteroatoms. The zero-order chi connectivity index (χ0) is 9.14. The molecule has 0 bridgehead atoms. The van der Waals surface area contributed by atoms with Gasteiger partial charge in [-0.25, -0.2) is 0 Å². The molecule has 0 aromatic heterocycles. The number of carbonyl (C=O) groups is 1. The zero-order valence-corrected chi connectivity index (χ0v) is 7.96. The maximum Gasteiger partial charge on any atom is 0.342 e. The van der Waals surface area contributed by atoms with E-state index >= 15 is 0 Å². The van der Waals surface area contributed by atoms with Crippen LogP contribution >= 0.6 is 7.80 Å². The summed E-state index contributed by atoms with van der Waals surface area (Å²) in [5.74, 6) is -0.252. The minimum absolute atomic E-state index is 0.252. The second-order valence-electron chi connectivity index (χ2n) is 2.93. The first-order valence-corrected chi connectivity index (χ1v) is 5.63. The molecule has 0 aromatic rings. The van der Waals surface area contributed by atoms with Crippen LogP contribution in [0.4, 0.5) is 0 Å². The molecule has 68 valence electrons. The van der Waals surface area contributed by atoms with Crippen molar-refractivity contribution in [3.63, 3.8) is 0 Å². The van der Waals surface area contributed by atoms with Crippen molar-refractivity contribution in [2.24, 2.45) is 0 Å². The number of hydrogen-bond donors (Lipinski definition) is 1. The molecule has 1 aliphatic rings. The van der Waals surface area contributed by atoms with Gasteiger partial charge in [0.2, 0.25) is 0 Å². The highest BCUT2D eigenvalue weighted by molar-refractivity contribution is 7.44. The largest absolute Gasteiger partial charge is 0.384 e. The first kappa shape index (κ1) is 9.62. The standard InChI is InChI=1S/C7H13NO3P/c1-6(9)7(10)8-2-4-12(11)5-3-8/h6,9H,2-5H2,1H3/q+1/t6-/m1/s1. The average molecular weight is 190 g/mol. The van der Waals surface area contributed by atoms with Gasteiger partial charge in [-0.2, -0.15) is 0 Å². The van der Waals surface area contributed by atoms with Gasteiger partial charge in [-0.1, -0.05) is 4.57 Å². The first-order chi connectivity index (χ1) is 5.61. The van der Waals surface area contributed by atoms with E-state index in [2.05, 4.69) is 0 Å². The molecule has 4 nitrogen and oxygen atoms in total. The fourth-order valence-corrected chi connectivity index (χ4v) is 2.33. The molecule has 1 aliphatic heterocycles. The van der Waals surface area contributed by atoms with Crippen LogP contribution in [0.5, 0.6) is 0 Å². The van der Waals surface area contributed by atoms with Crippen molar-refractivity contribution < 1.29 is 14.5 Å². The van der Waals surface area contributed by atoms with E-state index in [9.17, 15) is 9.36 Å². The first-order valence-electron chi connectivity index (χ1n) is 4.00. The Kier molecular flexibility index (Phi) is 3.18. The average Bonchev–Trinajstić information content (AvgIpc) is 2.04. The van der Waals surface area contributed by atoms with Gasteiger partial charge in [0.15, 0.2) is 12.3 Å². The van der Waals surface area contributed by atoms with E-state index in [-0.39, 0.29) is 5.91 Å². The molecule has 1 saturated heterocycles. The molecule has 1 amide bonds. The van der Waals surface area contributed by atoms with Gasteiger partial charge in [-0.05, 0) is 6.92 Å². The number of rotatable bonds is 1. The Morgan fingerprint density at radius 1 is 1.50 bits per heavy atom. The molecule has 1 N–H and O–H groups in total. The molecule has 0 saturated carbocycles. The van der Waals surface area contributed by atoms with Crippen molar-refractivity contribution in [3.05, 3.63) is 0 Å². The number of hydrogen-bond acceptors (Lipinski definition) is 3. The number of amides is 1. The summed E-state index contributed by atoms with van der Waals surface area (Å²) in [6, 6.07) is 0. The molecule has 0 radical (unpaired) electrons. The number of nitrogens with zero attached hydrogens (tertiary/aromatic N) is 1. The SMILES string of the molecule is C[C@@H](O)C(=O)N1CC[P+](=O)CC1. The number of aliphatic hydroxyl groups excluding tert-OH is 1. The smallest absolute Gasteiger partial charge is 0.342 e. The minimum Gasteiger partial charge on any atom is -0.384 e. The fraction of sp³-hybridized carbons (Fsp3) is 0.857. The van der Waals surface area contributed by atoms with Gasteiger partial charge < -0.3 is 10.0 Å². The van der Waals surface area contributed by atoms with Gasteiger partial charge in [0.1, 0.15) is 6.10 Å². The summed E-state index contributed by atoms with van der Waals surface area (Å²) in [6.07, 6.45) is 0.225. The van der Waals surface area contributed by atoms with Gasteiger partial charge in [0.05, 0.1) is 13.1 Å². The van der Waals surface area contributed by atoms with E-state index in [1.807, 2.05) is 0 Å². The Balaban J connectivity index is 2.44. The lowest BCUT2D eigenvalue weighted by molar-refractivity contribution is -0.138. The summed E-state index contributed by atoms with van der Waals surface area (Å²) < 4.78 is 10.9. The summed E-state index contributed by atoms with van der Waals surface area (Å²) in [6.45, 7) is 2.51. The van der Waals surface area contributed by atoms with E-state index in [0.717, 1.165) is 0 Å². The molecule has 12 heavy (non-hydrogen) atoms. The third-order valence-corrected chi connectivity index (χ3v) is 3.31. The maximum absolute atomic E-state index is 11.2. The van der Waals surface area contributed by atoms with Crippen LogP contribution in [0.3, 0.4) is 0 Å². The molecule has 0 unspecified atom stereocenters. The summed E-state index contributed by atoms with van der Waals surface area (Å²) in [5.41, 5.74) is 0. The molecule has 1 fully saturated rings. The Labute approximate surface area is 72.3 Å². The van der Waals surface area contributed by atoms with E-state index in [0.29, 0.717) is 25.4 Å². The minimum atomic E-state index is -1.09. The monoisotopic (exact) mass is 190 g/mol. The third kappa shape index (κ3) is 2.26. The van der Waals surface area contributed by atoms with E-state index in [1.54, 1.807) is 4.90 Å². The Hall–Kier alpha value is -0.470. The van der Waals surface area contributed by atoms with Crippen LogP contribution in [0.15, 0.2) is 0 Å². The zero-order valence-electron chi connectivity index (χ0n) is 7.06. The predicted octanol–water partition coefficient (Wildman–Crippen LogP) is 0.0368. The Morgan fingerprint density at radius 3 is 2.42 bits per heavy atom. The van der Waals surface area contributed by atoms with Gasteiger partial charge in [0.25, 0.3) is 5.91 Å². The molecule has 0 aromatic carbocycles. The molecule has 1 atom stereocenters. The van der Waals surface area contributed by atoms with Gasteiger partial charge >= 0.3 is 7.80 Å². The third-order valence-electron chi connectivity index (χ3n) is 1.91. The van der Waals surface area contributed by atoms with Crippen molar-refractivity contribution >= 4 is 13.7 Å². The lowest BCUT2D eigenvalue weighted by Gasteiger charge is -2.22. The summed E-state index contributed by atoms with van der Waals surface area (Å²) in [4.78, 5) is 12.8. The van der Waals surface area contributed by atoms with E-state index in [1.165, 1.54) is 6.92 Å². The Morgan fingerprint density at radius 2 is 2.00 bits per heavy atom. The molecular formula is C7H13NO3P+. The second-order valence-corrected chi connectivity index (χ2v) is 4.79. The van der Waals surface area contributed by atoms with Crippen LogP contribution in [0.25, 0.3) is 0 Å². The molecule has 1 rings (SSSR count). The van der Waals surface area contributed by atoms with Crippen molar-refractivity contribution in [2.75, 3.05) is 25.4 Å².